The molecule has 0 radical (unpaired) electrons. The maximum Gasteiger partial charge on any atom is 0.0555 e. The van der Waals surface area contributed by atoms with Crippen molar-refractivity contribution in [1.29, 1.82) is 0 Å². The summed E-state index contributed by atoms with van der Waals surface area (Å²) in [6.45, 7) is 0. The minimum Gasteiger partial charge on any atom is -0.378 e. The molecule has 2 nitrogen and oxygen atoms in total. The van der Waals surface area contributed by atoms with E-state index in [0.717, 1.165) is 6.42 Å². The normalized spacial score (nSPS) is 23.6. The van der Waals surface area contributed by atoms with Gasteiger partial charge in [0.1, 0.15) is 0 Å². The van der Waals surface area contributed by atoms with E-state index in [1.54, 1.807) is 0 Å². The Morgan fingerprint density at radius 1 is 0.880 bits per heavy atom. The van der Waals surface area contributed by atoms with Gasteiger partial charge in [0.05, 0.1) is 6.04 Å². The van der Waals surface area contributed by atoms with E-state index < -0.39 is 0 Å². The van der Waals surface area contributed by atoms with Gasteiger partial charge in [-0.3, -0.25) is 4.98 Å². The van der Waals surface area contributed by atoms with Gasteiger partial charge in [-0.15, -0.1) is 0 Å². The molecule has 0 saturated carbocycles. The molecule has 0 unspecified atom stereocenters. The van der Waals surface area contributed by atoms with E-state index in [4.69, 9.17) is 0 Å². The molecule has 1 aliphatic heterocycles. The van der Waals surface area contributed by atoms with E-state index in [9.17, 15) is 0 Å². The predicted molar refractivity (Wildman–Crippen MR) is 102 cm³/mol. The van der Waals surface area contributed by atoms with Gasteiger partial charge in [-0.2, -0.15) is 0 Å². The van der Waals surface area contributed by atoms with Crippen LogP contribution in [0.25, 0.3) is 11.1 Å². The van der Waals surface area contributed by atoms with Crippen molar-refractivity contribution in [3.8, 4) is 11.1 Å². The van der Waals surface area contributed by atoms with Gasteiger partial charge < -0.3 is 5.32 Å². The standard InChI is InChI=1S/C23H20N2/c1-2-5-16(6-3-1)18-9-10-22-21(15-18)19-7-4-8-20(19)23(25-22)17-11-13-24-14-12-17/h1-7,9-15,19-20,23,25H,8H2/t19-,20-,23-/m0/s1. The molecule has 122 valence electrons. The fourth-order valence-corrected chi connectivity index (χ4v) is 4.31. The highest BCUT2D eigenvalue weighted by Gasteiger charge is 2.37. The third-order valence-corrected chi connectivity index (χ3v) is 5.54. The molecule has 0 amide bonds. The Bertz CT molecular complexity index is 915. The first-order valence-electron chi connectivity index (χ1n) is 8.92. The van der Waals surface area contributed by atoms with Crippen molar-refractivity contribution in [1.82, 2.24) is 4.98 Å². The van der Waals surface area contributed by atoms with Crippen LogP contribution >= 0.6 is 0 Å². The van der Waals surface area contributed by atoms with E-state index in [1.807, 2.05) is 12.4 Å². The molecular weight excluding hydrogens is 304 g/mol. The van der Waals surface area contributed by atoms with Crippen LogP contribution in [-0.4, -0.2) is 4.98 Å². The maximum atomic E-state index is 4.17. The van der Waals surface area contributed by atoms with Gasteiger partial charge in [-0.25, -0.2) is 0 Å². The summed E-state index contributed by atoms with van der Waals surface area (Å²) in [6, 6.07) is 22.1. The van der Waals surface area contributed by atoms with Crippen LogP contribution in [0.3, 0.4) is 0 Å². The maximum absolute atomic E-state index is 4.17. The highest BCUT2D eigenvalue weighted by molar-refractivity contribution is 5.71. The molecule has 2 heterocycles. The van der Waals surface area contributed by atoms with Crippen LogP contribution in [-0.2, 0) is 0 Å². The molecule has 3 atom stereocenters. The number of pyridine rings is 1. The smallest absolute Gasteiger partial charge is 0.0555 e. The van der Waals surface area contributed by atoms with Crippen LogP contribution in [0, 0.1) is 5.92 Å². The molecule has 25 heavy (non-hydrogen) atoms. The molecule has 1 aliphatic carbocycles. The van der Waals surface area contributed by atoms with Crippen molar-refractivity contribution in [2.24, 2.45) is 5.92 Å². The largest absolute Gasteiger partial charge is 0.378 e. The quantitative estimate of drug-likeness (QED) is 0.623. The summed E-state index contributed by atoms with van der Waals surface area (Å²) in [7, 11) is 0. The lowest BCUT2D eigenvalue weighted by Gasteiger charge is -2.37. The monoisotopic (exact) mass is 324 g/mol. The molecule has 3 aromatic rings. The van der Waals surface area contributed by atoms with Crippen LogP contribution in [0.2, 0.25) is 0 Å². The fraction of sp³-hybridized carbons (Fsp3) is 0.174. The molecule has 2 heteroatoms. The van der Waals surface area contributed by atoms with Crippen molar-refractivity contribution in [3.05, 3.63) is 96.3 Å². The van der Waals surface area contributed by atoms with E-state index in [1.165, 1.54) is 27.9 Å². The van der Waals surface area contributed by atoms with E-state index >= 15 is 0 Å². The second-order valence-corrected chi connectivity index (χ2v) is 6.92. The molecular formula is C23H20N2. The lowest BCUT2D eigenvalue weighted by atomic mass is 9.76. The number of hydrogen-bond acceptors (Lipinski definition) is 2. The van der Waals surface area contributed by atoms with Crippen molar-refractivity contribution in [3.63, 3.8) is 0 Å². The van der Waals surface area contributed by atoms with Crippen molar-refractivity contribution >= 4 is 5.69 Å². The Morgan fingerprint density at radius 2 is 1.72 bits per heavy atom. The number of aromatic nitrogens is 1. The summed E-state index contributed by atoms with van der Waals surface area (Å²) in [5.41, 5.74) is 6.58. The van der Waals surface area contributed by atoms with Crippen LogP contribution in [0.4, 0.5) is 5.69 Å². The number of anilines is 1. The van der Waals surface area contributed by atoms with Gasteiger partial charge >= 0.3 is 0 Å². The van der Waals surface area contributed by atoms with Crippen LogP contribution in [0.5, 0.6) is 0 Å². The second kappa shape index (κ2) is 5.89. The van der Waals surface area contributed by atoms with E-state index in [0.29, 0.717) is 17.9 Å². The zero-order chi connectivity index (χ0) is 16.6. The molecule has 5 rings (SSSR count). The molecule has 2 aromatic carbocycles. The summed E-state index contributed by atoms with van der Waals surface area (Å²) in [6.07, 6.45) is 9.65. The number of allylic oxidation sites excluding steroid dienone is 2. The highest BCUT2D eigenvalue weighted by Crippen LogP contribution is 2.50. The van der Waals surface area contributed by atoms with Gasteiger partial charge in [0.25, 0.3) is 0 Å². The van der Waals surface area contributed by atoms with Crippen molar-refractivity contribution in [2.45, 2.75) is 18.4 Å². The minimum atomic E-state index is 0.345. The minimum absolute atomic E-state index is 0.345. The number of rotatable bonds is 2. The van der Waals surface area contributed by atoms with Crippen LogP contribution in [0.1, 0.15) is 29.5 Å². The molecule has 1 N–H and O–H groups in total. The Morgan fingerprint density at radius 3 is 2.56 bits per heavy atom. The first-order chi connectivity index (χ1) is 12.4. The third kappa shape index (κ3) is 2.45. The topological polar surface area (TPSA) is 24.9 Å². The number of benzene rings is 2. The predicted octanol–water partition coefficient (Wildman–Crippen LogP) is 5.58. The van der Waals surface area contributed by atoms with E-state index in [-0.39, 0.29) is 0 Å². The summed E-state index contributed by atoms with van der Waals surface area (Å²) in [5.74, 6) is 1.05. The van der Waals surface area contributed by atoms with Gasteiger partial charge in [0.2, 0.25) is 0 Å². The van der Waals surface area contributed by atoms with Crippen molar-refractivity contribution < 1.29 is 0 Å². The molecule has 1 aromatic heterocycles. The van der Waals surface area contributed by atoms with Gasteiger partial charge in [-0.05, 0) is 58.9 Å². The first-order valence-corrected chi connectivity index (χ1v) is 8.92. The Hall–Kier alpha value is -2.87. The number of fused-ring (bicyclic) bond motifs is 3. The first kappa shape index (κ1) is 14.5. The van der Waals surface area contributed by atoms with Gasteiger partial charge in [0, 0.05) is 24.0 Å². The second-order valence-electron chi connectivity index (χ2n) is 6.92. The average Bonchev–Trinajstić information content (AvgIpc) is 3.18. The van der Waals surface area contributed by atoms with E-state index in [2.05, 4.69) is 83.1 Å². The Balaban J connectivity index is 1.58. The summed E-state index contributed by atoms with van der Waals surface area (Å²) in [4.78, 5) is 4.17. The summed E-state index contributed by atoms with van der Waals surface area (Å²) >= 11 is 0. The van der Waals surface area contributed by atoms with Gasteiger partial charge in [-0.1, -0.05) is 48.6 Å². The number of nitrogens with zero attached hydrogens (tertiary/aromatic N) is 1. The van der Waals surface area contributed by atoms with Crippen molar-refractivity contribution in [2.75, 3.05) is 5.32 Å². The fourth-order valence-electron chi connectivity index (χ4n) is 4.31. The molecule has 0 saturated heterocycles. The number of hydrogen-bond donors (Lipinski definition) is 1. The Kier molecular flexibility index (Phi) is 3.41. The lowest BCUT2D eigenvalue weighted by molar-refractivity contribution is 0.425. The SMILES string of the molecule is C1=C[C@@H]2c3cc(-c4ccccc4)ccc3N[C@@H](c3ccncc3)[C@H]2C1. The summed E-state index contributed by atoms with van der Waals surface area (Å²) < 4.78 is 0. The molecule has 0 spiro atoms. The third-order valence-electron chi connectivity index (χ3n) is 5.54. The molecule has 0 fully saturated rings. The molecule has 0 bridgehead atoms. The van der Waals surface area contributed by atoms with Crippen LogP contribution < -0.4 is 5.32 Å². The van der Waals surface area contributed by atoms with Crippen LogP contribution in [0.15, 0.2) is 85.2 Å². The average molecular weight is 324 g/mol. The van der Waals surface area contributed by atoms with Gasteiger partial charge in [0.15, 0.2) is 0 Å². The summed E-state index contributed by atoms with van der Waals surface area (Å²) in [5, 5.41) is 3.80. The Labute approximate surface area is 148 Å². The highest BCUT2D eigenvalue weighted by atomic mass is 15.0. The number of nitrogens with one attached hydrogen (secondary N) is 1. The zero-order valence-electron chi connectivity index (χ0n) is 14.0. The lowest BCUT2D eigenvalue weighted by Crippen LogP contribution is -2.29. The molecule has 2 aliphatic rings. The zero-order valence-corrected chi connectivity index (χ0v) is 14.0.